The summed E-state index contributed by atoms with van der Waals surface area (Å²) in [5.41, 5.74) is 0. The molecule has 0 aromatic rings. The Morgan fingerprint density at radius 1 is 0.783 bits per heavy atom. The third-order valence-electron chi connectivity index (χ3n) is 3.87. The summed E-state index contributed by atoms with van der Waals surface area (Å²) in [5, 5.41) is 0. The fraction of sp³-hybridized carbons (Fsp3) is 0.950. The van der Waals surface area contributed by atoms with Gasteiger partial charge in [0.15, 0.2) is 7.49 Å². The number of carbonyl (C=O) groups excluding carboxylic acids is 1. The zero-order valence-electron chi connectivity index (χ0n) is 16.9. The van der Waals surface area contributed by atoms with Crippen molar-refractivity contribution in [1.29, 1.82) is 0 Å². The number of hydrogen-bond donors (Lipinski definition) is 0. The Kier molecular flexibility index (Phi) is 12.2. The lowest BCUT2D eigenvalue weighted by molar-refractivity contribution is -0.134. The molecule has 0 unspecified atom stereocenters. The van der Waals surface area contributed by atoms with Gasteiger partial charge in [-0.2, -0.15) is 0 Å². The Labute approximate surface area is 146 Å². The Hall–Kier alpha value is -0.100. The van der Waals surface area contributed by atoms with Gasteiger partial charge in [0.25, 0.3) is 0 Å². The first-order valence-electron chi connectivity index (χ1n) is 9.79. The molecular formula is C20H42O2P+. The van der Waals surface area contributed by atoms with Crippen LogP contribution in [0.3, 0.4) is 0 Å². The summed E-state index contributed by atoms with van der Waals surface area (Å²) in [6.07, 6.45) is 9.79. The zero-order valence-corrected chi connectivity index (χ0v) is 17.8. The van der Waals surface area contributed by atoms with Crippen molar-refractivity contribution in [1.82, 2.24) is 0 Å². The predicted octanol–water partition coefficient (Wildman–Crippen LogP) is 6.79. The van der Waals surface area contributed by atoms with Gasteiger partial charge in [0, 0.05) is 0 Å². The summed E-state index contributed by atoms with van der Waals surface area (Å²) in [5.74, 6) is 1.85. The molecule has 0 aromatic heterocycles. The van der Waals surface area contributed by atoms with E-state index >= 15 is 0 Å². The molecule has 138 valence electrons. The molecule has 0 aliphatic heterocycles. The van der Waals surface area contributed by atoms with E-state index in [2.05, 4.69) is 48.5 Å². The van der Waals surface area contributed by atoms with Crippen LogP contribution in [-0.2, 0) is 9.32 Å². The largest absolute Gasteiger partial charge is 0.349 e. The standard InChI is InChI=1S/C20H42O2P/c1-8-9-10-11-12-13-20(21)22-23(14-17(2)3,15-18(4)5)16-19(6)7/h17-19H,8-16H2,1-7H3/q+1. The highest BCUT2D eigenvalue weighted by Crippen LogP contribution is 2.63. The topological polar surface area (TPSA) is 26.3 Å². The third-order valence-corrected chi connectivity index (χ3v) is 8.65. The number of rotatable bonds is 13. The molecule has 23 heavy (non-hydrogen) atoms. The summed E-state index contributed by atoms with van der Waals surface area (Å²) in [7, 11) is -1.63. The molecule has 0 rings (SSSR count). The second-order valence-corrected chi connectivity index (χ2v) is 11.8. The maximum Gasteiger partial charge on any atom is 0.349 e. The van der Waals surface area contributed by atoms with Gasteiger partial charge in [-0.3, -0.25) is 0 Å². The Morgan fingerprint density at radius 2 is 1.22 bits per heavy atom. The van der Waals surface area contributed by atoms with E-state index in [0.29, 0.717) is 24.2 Å². The van der Waals surface area contributed by atoms with Crippen molar-refractivity contribution in [2.75, 3.05) is 18.5 Å². The average molecular weight is 346 g/mol. The van der Waals surface area contributed by atoms with Gasteiger partial charge in [-0.25, -0.2) is 4.79 Å². The molecule has 0 amide bonds. The molecule has 2 nitrogen and oxygen atoms in total. The van der Waals surface area contributed by atoms with Crippen molar-refractivity contribution < 1.29 is 9.32 Å². The quantitative estimate of drug-likeness (QED) is 0.271. The van der Waals surface area contributed by atoms with Crippen LogP contribution in [0.25, 0.3) is 0 Å². The minimum atomic E-state index is -1.63. The summed E-state index contributed by atoms with van der Waals surface area (Å²) >= 11 is 0. The summed E-state index contributed by atoms with van der Waals surface area (Å²) in [4.78, 5) is 12.4. The fourth-order valence-electron chi connectivity index (χ4n) is 3.47. The maximum atomic E-state index is 12.4. The molecule has 0 aliphatic carbocycles. The van der Waals surface area contributed by atoms with Gasteiger partial charge in [0.2, 0.25) is 0 Å². The lowest BCUT2D eigenvalue weighted by Gasteiger charge is -2.29. The minimum absolute atomic E-state index is 0.0665. The fourth-order valence-corrected chi connectivity index (χ4v) is 8.65. The summed E-state index contributed by atoms with van der Waals surface area (Å²) in [6.45, 7) is 15.8. The zero-order chi connectivity index (χ0) is 17.9. The Bertz CT molecular complexity index is 284. The van der Waals surface area contributed by atoms with Crippen LogP contribution in [0.1, 0.15) is 87.0 Å². The van der Waals surface area contributed by atoms with Crippen molar-refractivity contribution >= 4 is 13.5 Å². The second kappa shape index (κ2) is 12.3. The molecule has 0 radical (unpaired) electrons. The second-order valence-electron chi connectivity index (χ2n) is 8.41. The van der Waals surface area contributed by atoms with E-state index in [-0.39, 0.29) is 5.97 Å². The molecule has 0 N–H and O–H groups in total. The van der Waals surface area contributed by atoms with E-state index in [4.69, 9.17) is 4.52 Å². The molecule has 0 heterocycles. The molecule has 0 atom stereocenters. The molecular weight excluding hydrogens is 303 g/mol. The van der Waals surface area contributed by atoms with Gasteiger partial charge in [-0.05, 0) is 24.2 Å². The van der Waals surface area contributed by atoms with Crippen molar-refractivity contribution in [3.05, 3.63) is 0 Å². The van der Waals surface area contributed by atoms with Gasteiger partial charge < -0.3 is 4.52 Å². The van der Waals surface area contributed by atoms with Crippen LogP contribution in [-0.4, -0.2) is 24.5 Å². The number of carbonyl (C=O) groups is 1. The molecule has 0 aromatic carbocycles. The summed E-state index contributed by atoms with van der Waals surface area (Å²) in [6, 6.07) is 0. The van der Waals surface area contributed by atoms with Crippen molar-refractivity contribution in [3.63, 3.8) is 0 Å². The molecule has 0 fully saturated rings. The third kappa shape index (κ3) is 12.0. The van der Waals surface area contributed by atoms with E-state index in [1.165, 1.54) is 19.3 Å². The number of unbranched alkanes of at least 4 members (excludes halogenated alkanes) is 4. The molecule has 0 aliphatic rings. The SMILES string of the molecule is CCCCCCCC(=O)O[P+](CC(C)C)(CC(C)C)CC(C)C. The van der Waals surface area contributed by atoms with Crippen LogP contribution in [0.4, 0.5) is 0 Å². The molecule has 0 saturated carbocycles. The van der Waals surface area contributed by atoms with Gasteiger partial charge >= 0.3 is 5.97 Å². The van der Waals surface area contributed by atoms with Crippen LogP contribution >= 0.6 is 7.49 Å². The average Bonchev–Trinajstić information content (AvgIpc) is 2.35. The van der Waals surface area contributed by atoms with E-state index in [1.54, 1.807) is 0 Å². The molecule has 0 bridgehead atoms. The Morgan fingerprint density at radius 3 is 1.61 bits per heavy atom. The first-order chi connectivity index (χ1) is 10.7. The van der Waals surface area contributed by atoms with Crippen LogP contribution < -0.4 is 0 Å². The van der Waals surface area contributed by atoms with Crippen LogP contribution in [0.5, 0.6) is 0 Å². The van der Waals surface area contributed by atoms with Crippen molar-refractivity contribution in [2.24, 2.45) is 17.8 Å². The molecule has 3 heteroatoms. The van der Waals surface area contributed by atoms with E-state index in [1.807, 2.05) is 0 Å². The van der Waals surface area contributed by atoms with Crippen LogP contribution in [0, 0.1) is 17.8 Å². The van der Waals surface area contributed by atoms with Crippen molar-refractivity contribution in [3.8, 4) is 0 Å². The summed E-state index contributed by atoms with van der Waals surface area (Å²) < 4.78 is 6.25. The number of hydrogen-bond acceptors (Lipinski definition) is 2. The highest BCUT2D eigenvalue weighted by atomic mass is 31.2. The first kappa shape index (κ1) is 22.9. The maximum absolute atomic E-state index is 12.4. The van der Waals surface area contributed by atoms with E-state index in [9.17, 15) is 4.79 Å². The molecule has 0 saturated heterocycles. The van der Waals surface area contributed by atoms with Gasteiger partial charge in [-0.1, -0.05) is 74.1 Å². The van der Waals surface area contributed by atoms with E-state index < -0.39 is 7.49 Å². The van der Waals surface area contributed by atoms with Gasteiger partial charge in [0.05, 0.1) is 24.9 Å². The van der Waals surface area contributed by atoms with Crippen LogP contribution in [0.2, 0.25) is 0 Å². The first-order valence-corrected chi connectivity index (χ1v) is 12.1. The lowest BCUT2D eigenvalue weighted by Crippen LogP contribution is -2.22. The predicted molar refractivity (Wildman–Crippen MR) is 106 cm³/mol. The van der Waals surface area contributed by atoms with Gasteiger partial charge in [0.1, 0.15) is 0 Å². The lowest BCUT2D eigenvalue weighted by atomic mass is 10.1. The highest BCUT2D eigenvalue weighted by Gasteiger charge is 2.44. The Balaban J connectivity index is 4.72. The molecule has 0 spiro atoms. The monoisotopic (exact) mass is 345 g/mol. The smallest absolute Gasteiger partial charge is 0.313 e. The normalized spacial score (nSPS) is 12.4. The van der Waals surface area contributed by atoms with Crippen LogP contribution in [0.15, 0.2) is 0 Å². The van der Waals surface area contributed by atoms with E-state index in [0.717, 1.165) is 31.3 Å². The minimum Gasteiger partial charge on any atom is -0.313 e. The van der Waals surface area contributed by atoms with Gasteiger partial charge in [-0.15, -0.1) is 0 Å². The highest BCUT2D eigenvalue weighted by molar-refractivity contribution is 7.71. The van der Waals surface area contributed by atoms with Crippen molar-refractivity contribution in [2.45, 2.75) is 87.0 Å².